The van der Waals surface area contributed by atoms with Crippen LogP contribution in [0.15, 0.2) is 59.2 Å². The van der Waals surface area contributed by atoms with Crippen molar-refractivity contribution in [3.8, 4) is 0 Å². The summed E-state index contributed by atoms with van der Waals surface area (Å²) >= 11 is 5.92. The minimum Gasteiger partial charge on any atom is -0.267 e. The molecule has 1 heterocycles. The van der Waals surface area contributed by atoms with Gasteiger partial charge >= 0.3 is 0 Å². The van der Waals surface area contributed by atoms with Crippen LogP contribution in [-0.2, 0) is 16.6 Å². The molecule has 1 aliphatic heterocycles. The van der Waals surface area contributed by atoms with Gasteiger partial charge in [0.15, 0.2) is 0 Å². The average molecular weight is 367 g/mol. The van der Waals surface area contributed by atoms with Crippen LogP contribution in [0.1, 0.15) is 43.9 Å². The summed E-state index contributed by atoms with van der Waals surface area (Å²) < 4.78 is 0. The number of benzene rings is 2. The lowest BCUT2D eigenvalue weighted by atomic mass is 9.86. The molecule has 1 N–H and O–H groups in total. The molecule has 0 unspecified atom stereocenters. The number of hydrogen-bond donors (Lipinski definition) is 1. The molecule has 1 amide bonds. The lowest BCUT2D eigenvalue weighted by Crippen LogP contribution is -2.13. The van der Waals surface area contributed by atoms with Crippen LogP contribution >= 0.6 is 11.6 Å². The fraction of sp³-hybridized carbons (Fsp3) is 0.273. The molecule has 0 bridgehead atoms. The summed E-state index contributed by atoms with van der Waals surface area (Å²) in [4.78, 5) is 12.2. The van der Waals surface area contributed by atoms with Gasteiger partial charge in [-0.25, -0.2) is 5.43 Å². The molecule has 4 heteroatoms. The Labute approximate surface area is 159 Å². The van der Waals surface area contributed by atoms with E-state index < -0.39 is 0 Å². The molecular weight excluding hydrogens is 344 g/mol. The number of nitrogens with one attached hydrogen (secondary N) is 1. The molecule has 0 saturated carbocycles. The molecule has 0 atom stereocenters. The quantitative estimate of drug-likeness (QED) is 0.748. The largest absolute Gasteiger partial charge is 0.273 e. The topological polar surface area (TPSA) is 41.5 Å². The smallest absolute Gasteiger partial charge is 0.267 e. The van der Waals surface area contributed by atoms with Gasteiger partial charge in [0.05, 0.1) is 11.3 Å². The Morgan fingerprint density at radius 1 is 1.00 bits per heavy atom. The van der Waals surface area contributed by atoms with Gasteiger partial charge in [0.25, 0.3) is 5.91 Å². The standard InChI is InChI=1S/C22H23ClN2O/c1-22(2,3)17-9-4-16(5-10-17)14-19-20(24-25-21(19)26)13-8-15-6-11-18(23)12-7-15/h4-7,9-12,14H,8,13H2,1-3H3,(H,25,26). The van der Waals surface area contributed by atoms with Crippen molar-refractivity contribution in [1.82, 2.24) is 5.43 Å². The second-order valence-electron chi connectivity index (χ2n) is 7.56. The summed E-state index contributed by atoms with van der Waals surface area (Å²) in [7, 11) is 0. The van der Waals surface area contributed by atoms with Crippen molar-refractivity contribution in [2.75, 3.05) is 0 Å². The fourth-order valence-corrected chi connectivity index (χ4v) is 2.99. The summed E-state index contributed by atoms with van der Waals surface area (Å²) in [6.45, 7) is 6.56. The number of rotatable bonds is 4. The summed E-state index contributed by atoms with van der Waals surface area (Å²) in [5.41, 5.74) is 7.58. The van der Waals surface area contributed by atoms with Crippen LogP contribution in [0.5, 0.6) is 0 Å². The molecule has 26 heavy (non-hydrogen) atoms. The predicted octanol–water partition coefficient (Wildman–Crippen LogP) is 5.14. The molecule has 3 nitrogen and oxygen atoms in total. The van der Waals surface area contributed by atoms with E-state index in [4.69, 9.17) is 11.6 Å². The van der Waals surface area contributed by atoms with Crippen molar-refractivity contribution >= 4 is 29.3 Å². The second kappa shape index (κ2) is 7.46. The van der Waals surface area contributed by atoms with E-state index in [1.54, 1.807) is 0 Å². The van der Waals surface area contributed by atoms with Gasteiger partial charge in [-0.3, -0.25) is 4.79 Å². The van der Waals surface area contributed by atoms with Crippen LogP contribution in [0.3, 0.4) is 0 Å². The lowest BCUT2D eigenvalue weighted by molar-refractivity contribution is -0.116. The highest BCUT2D eigenvalue weighted by molar-refractivity contribution is 6.30. The van der Waals surface area contributed by atoms with Gasteiger partial charge in [0.1, 0.15) is 0 Å². The third-order valence-electron chi connectivity index (χ3n) is 4.50. The number of nitrogens with zero attached hydrogens (tertiary/aromatic N) is 1. The Morgan fingerprint density at radius 2 is 1.65 bits per heavy atom. The summed E-state index contributed by atoms with van der Waals surface area (Å²) in [5.74, 6) is -0.143. The molecule has 2 aromatic carbocycles. The van der Waals surface area contributed by atoms with Crippen molar-refractivity contribution in [3.05, 3.63) is 75.8 Å². The first-order chi connectivity index (χ1) is 12.3. The minimum atomic E-state index is -0.143. The number of hydrazone groups is 1. The molecule has 0 saturated heterocycles. The van der Waals surface area contributed by atoms with Crippen molar-refractivity contribution in [1.29, 1.82) is 0 Å². The van der Waals surface area contributed by atoms with Crippen molar-refractivity contribution in [2.45, 2.75) is 39.0 Å². The van der Waals surface area contributed by atoms with Crippen LogP contribution in [0.4, 0.5) is 0 Å². The van der Waals surface area contributed by atoms with Gasteiger partial charge in [-0.15, -0.1) is 0 Å². The molecule has 1 aliphatic rings. The van der Waals surface area contributed by atoms with Crippen LogP contribution < -0.4 is 5.43 Å². The Hall–Kier alpha value is -2.39. The summed E-state index contributed by atoms with van der Waals surface area (Å²) in [5, 5.41) is 4.93. The fourth-order valence-electron chi connectivity index (χ4n) is 2.87. The summed E-state index contributed by atoms with van der Waals surface area (Å²) in [6.07, 6.45) is 3.42. The van der Waals surface area contributed by atoms with E-state index in [2.05, 4.69) is 55.6 Å². The van der Waals surface area contributed by atoms with Crippen molar-refractivity contribution in [2.24, 2.45) is 5.10 Å². The number of carbonyl (C=O) groups excluding carboxylic acids is 1. The van der Waals surface area contributed by atoms with Crippen LogP contribution in [0.25, 0.3) is 6.08 Å². The molecule has 0 aliphatic carbocycles. The van der Waals surface area contributed by atoms with Gasteiger partial charge in [-0.2, -0.15) is 5.10 Å². The van der Waals surface area contributed by atoms with Crippen molar-refractivity contribution in [3.63, 3.8) is 0 Å². The average Bonchev–Trinajstić information content (AvgIpc) is 2.94. The van der Waals surface area contributed by atoms with Crippen LogP contribution in [0, 0.1) is 0 Å². The van der Waals surface area contributed by atoms with Gasteiger partial charge < -0.3 is 0 Å². The van der Waals surface area contributed by atoms with Gasteiger partial charge in [0.2, 0.25) is 0 Å². The van der Waals surface area contributed by atoms with E-state index in [-0.39, 0.29) is 11.3 Å². The van der Waals surface area contributed by atoms with E-state index in [9.17, 15) is 4.79 Å². The van der Waals surface area contributed by atoms with Gasteiger partial charge in [0, 0.05) is 5.02 Å². The molecule has 0 radical (unpaired) electrons. The third-order valence-corrected chi connectivity index (χ3v) is 4.75. The number of amides is 1. The molecule has 3 rings (SSSR count). The number of aryl methyl sites for hydroxylation is 1. The Morgan fingerprint density at radius 3 is 2.27 bits per heavy atom. The molecule has 0 spiro atoms. The molecule has 134 valence electrons. The zero-order valence-electron chi connectivity index (χ0n) is 15.3. The summed E-state index contributed by atoms with van der Waals surface area (Å²) in [6, 6.07) is 16.1. The SMILES string of the molecule is CC(C)(C)c1ccc(C=C2C(=O)NN=C2CCc2ccc(Cl)cc2)cc1. The maximum absolute atomic E-state index is 12.2. The first-order valence-electron chi connectivity index (χ1n) is 8.77. The zero-order chi connectivity index (χ0) is 18.7. The van der Waals surface area contributed by atoms with E-state index >= 15 is 0 Å². The van der Waals surface area contributed by atoms with Gasteiger partial charge in [-0.05, 0) is 53.2 Å². The second-order valence-corrected chi connectivity index (χ2v) is 7.99. The van der Waals surface area contributed by atoms with Gasteiger partial charge in [-0.1, -0.05) is 68.8 Å². The maximum Gasteiger partial charge on any atom is 0.273 e. The highest BCUT2D eigenvalue weighted by atomic mass is 35.5. The van der Waals surface area contributed by atoms with Crippen molar-refractivity contribution < 1.29 is 4.79 Å². The minimum absolute atomic E-state index is 0.113. The maximum atomic E-state index is 12.2. The number of halogens is 1. The first-order valence-corrected chi connectivity index (χ1v) is 9.15. The highest BCUT2D eigenvalue weighted by Gasteiger charge is 2.22. The Balaban J connectivity index is 1.74. The predicted molar refractivity (Wildman–Crippen MR) is 108 cm³/mol. The molecule has 0 aromatic heterocycles. The first kappa shape index (κ1) is 18.4. The van der Waals surface area contributed by atoms with E-state index in [0.29, 0.717) is 12.0 Å². The Kier molecular flexibility index (Phi) is 5.28. The molecule has 2 aromatic rings. The normalized spacial score (nSPS) is 15.9. The Bertz CT molecular complexity index is 857. The van der Waals surface area contributed by atoms with E-state index in [1.165, 1.54) is 11.1 Å². The van der Waals surface area contributed by atoms with E-state index in [0.717, 1.165) is 22.7 Å². The van der Waals surface area contributed by atoms with Crippen LogP contribution in [-0.4, -0.2) is 11.6 Å². The number of hydrogen-bond acceptors (Lipinski definition) is 2. The van der Waals surface area contributed by atoms with E-state index in [1.807, 2.05) is 30.3 Å². The lowest BCUT2D eigenvalue weighted by Gasteiger charge is -2.18. The molecular formula is C22H23ClN2O. The number of carbonyl (C=O) groups is 1. The monoisotopic (exact) mass is 366 g/mol. The third kappa shape index (κ3) is 4.41. The highest BCUT2D eigenvalue weighted by Crippen LogP contribution is 2.23. The van der Waals surface area contributed by atoms with Crippen LogP contribution in [0.2, 0.25) is 5.02 Å². The molecule has 0 fully saturated rings. The zero-order valence-corrected chi connectivity index (χ0v) is 16.1.